The predicted octanol–water partition coefficient (Wildman–Crippen LogP) is 3.18. The van der Waals surface area contributed by atoms with E-state index in [0.717, 1.165) is 0 Å². The van der Waals surface area contributed by atoms with Crippen LogP contribution in [0.3, 0.4) is 0 Å². The fourth-order valence-electron chi connectivity index (χ4n) is 2.43. The van der Waals surface area contributed by atoms with Crippen LogP contribution in [0.1, 0.15) is 19.8 Å². The van der Waals surface area contributed by atoms with Crippen LogP contribution in [0.25, 0.3) is 0 Å². The summed E-state index contributed by atoms with van der Waals surface area (Å²) in [4.78, 5) is 12.1. The van der Waals surface area contributed by atoms with Crippen LogP contribution in [0.15, 0.2) is 32.0 Å². The molecule has 1 atom stereocenters. The number of hydrogen-bond acceptors (Lipinski definition) is 4. The number of hydrogen-bond donors (Lipinski definition) is 0. The van der Waals surface area contributed by atoms with Gasteiger partial charge in [-0.3, -0.25) is 4.79 Å². The summed E-state index contributed by atoms with van der Waals surface area (Å²) in [5, 5.41) is 0. The Balaban J connectivity index is 2.25. The van der Waals surface area contributed by atoms with Crippen molar-refractivity contribution >= 4 is 47.9 Å². The maximum atomic E-state index is 12.8. The zero-order valence-corrected chi connectivity index (χ0v) is 16.1. The van der Waals surface area contributed by atoms with Crippen molar-refractivity contribution in [3.05, 3.63) is 27.1 Å². The van der Waals surface area contributed by atoms with Crippen molar-refractivity contribution in [2.75, 3.05) is 19.7 Å². The number of esters is 1. The fraction of sp³-hybridized carbons (Fsp3) is 0.500. The lowest BCUT2D eigenvalue weighted by molar-refractivity contribution is -0.149. The third-order valence-corrected chi connectivity index (χ3v) is 6.87. The molecule has 1 aromatic carbocycles. The van der Waals surface area contributed by atoms with Gasteiger partial charge in [0.05, 0.1) is 17.4 Å². The number of carbonyl (C=O) groups excluding carboxylic acids is 1. The van der Waals surface area contributed by atoms with Gasteiger partial charge in [-0.05, 0) is 53.9 Å². The standard InChI is InChI=1S/C14H17Br2NO4S/c1-2-21-14(18)10-4-3-7-17(9-10)22(19,20)13-8-11(15)5-6-12(13)16/h5-6,8,10H,2-4,7,9H2,1H3. The lowest BCUT2D eigenvalue weighted by Crippen LogP contribution is -2.42. The Kier molecular flexibility index (Phi) is 6.04. The lowest BCUT2D eigenvalue weighted by Gasteiger charge is -2.31. The Morgan fingerprint density at radius 2 is 2.14 bits per heavy atom. The van der Waals surface area contributed by atoms with Gasteiger partial charge in [0.25, 0.3) is 0 Å². The summed E-state index contributed by atoms with van der Waals surface area (Å²) in [7, 11) is -3.65. The second-order valence-corrected chi connectivity index (χ2v) is 8.71. The molecule has 0 saturated carbocycles. The molecule has 1 heterocycles. The monoisotopic (exact) mass is 453 g/mol. The molecule has 0 amide bonds. The molecule has 0 spiro atoms. The maximum Gasteiger partial charge on any atom is 0.310 e. The molecule has 1 aliphatic rings. The Labute approximate surface area is 147 Å². The van der Waals surface area contributed by atoms with Crippen LogP contribution in [0.2, 0.25) is 0 Å². The van der Waals surface area contributed by atoms with Crippen molar-refractivity contribution in [1.29, 1.82) is 0 Å². The van der Waals surface area contributed by atoms with E-state index in [1.54, 1.807) is 25.1 Å². The van der Waals surface area contributed by atoms with Gasteiger partial charge in [0.1, 0.15) is 0 Å². The average Bonchev–Trinajstić information content (AvgIpc) is 2.50. The molecule has 0 bridgehead atoms. The lowest BCUT2D eigenvalue weighted by atomic mass is 10.0. The summed E-state index contributed by atoms with van der Waals surface area (Å²) in [6.07, 6.45) is 1.30. The molecule has 2 rings (SSSR count). The minimum absolute atomic E-state index is 0.167. The summed E-state index contributed by atoms with van der Waals surface area (Å²) in [6, 6.07) is 5.01. The van der Waals surface area contributed by atoms with Gasteiger partial charge in [0.2, 0.25) is 10.0 Å². The largest absolute Gasteiger partial charge is 0.466 e. The molecule has 5 nitrogen and oxygen atoms in total. The van der Waals surface area contributed by atoms with E-state index in [0.29, 0.717) is 34.9 Å². The predicted molar refractivity (Wildman–Crippen MR) is 90.0 cm³/mol. The van der Waals surface area contributed by atoms with Crippen LogP contribution < -0.4 is 0 Å². The highest BCUT2D eigenvalue weighted by Gasteiger charge is 2.34. The molecule has 8 heteroatoms. The van der Waals surface area contributed by atoms with Crippen LogP contribution in [0.5, 0.6) is 0 Å². The Morgan fingerprint density at radius 3 is 2.82 bits per heavy atom. The van der Waals surface area contributed by atoms with E-state index in [4.69, 9.17) is 4.74 Å². The van der Waals surface area contributed by atoms with Crippen molar-refractivity contribution in [1.82, 2.24) is 4.31 Å². The summed E-state index contributed by atoms with van der Waals surface area (Å²) >= 11 is 6.57. The van der Waals surface area contributed by atoms with Gasteiger partial charge in [-0.25, -0.2) is 8.42 Å². The van der Waals surface area contributed by atoms with Crippen molar-refractivity contribution in [3.8, 4) is 0 Å². The number of rotatable bonds is 4. The van der Waals surface area contributed by atoms with Crippen molar-refractivity contribution in [3.63, 3.8) is 0 Å². The van der Waals surface area contributed by atoms with E-state index in [1.807, 2.05) is 0 Å². The van der Waals surface area contributed by atoms with E-state index in [2.05, 4.69) is 31.9 Å². The second-order valence-electron chi connectivity index (χ2n) is 5.03. The van der Waals surface area contributed by atoms with Crippen molar-refractivity contribution < 1.29 is 17.9 Å². The van der Waals surface area contributed by atoms with Crippen LogP contribution in [0, 0.1) is 5.92 Å². The first kappa shape index (κ1) is 17.9. The molecule has 122 valence electrons. The first-order valence-corrected chi connectivity index (χ1v) is 10.0. The third kappa shape index (κ3) is 3.90. The number of benzene rings is 1. The summed E-state index contributed by atoms with van der Waals surface area (Å²) in [6.45, 7) is 2.63. The van der Waals surface area contributed by atoms with Gasteiger partial charge in [0, 0.05) is 22.0 Å². The molecule has 1 unspecified atom stereocenters. The highest BCUT2D eigenvalue weighted by atomic mass is 79.9. The molecular formula is C14H17Br2NO4S. The van der Waals surface area contributed by atoms with E-state index in [9.17, 15) is 13.2 Å². The molecule has 0 radical (unpaired) electrons. The molecular weight excluding hydrogens is 438 g/mol. The number of ether oxygens (including phenoxy) is 1. The zero-order chi connectivity index (χ0) is 16.3. The number of carbonyl (C=O) groups is 1. The Bertz CT molecular complexity index is 663. The Morgan fingerprint density at radius 1 is 1.41 bits per heavy atom. The van der Waals surface area contributed by atoms with E-state index >= 15 is 0 Å². The quantitative estimate of drug-likeness (QED) is 0.655. The first-order valence-electron chi connectivity index (χ1n) is 6.98. The fourth-order valence-corrected chi connectivity index (χ4v) is 5.41. The molecule has 1 saturated heterocycles. The van der Waals surface area contributed by atoms with Crippen LogP contribution in [-0.2, 0) is 19.6 Å². The molecule has 1 aliphatic heterocycles. The highest BCUT2D eigenvalue weighted by Crippen LogP contribution is 2.31. The SMILES string of the molecule is CCOC(=O)C1CCCN(S(=O)(=O)c2cc(Br)ccc2Br)C1. The van der Waals surface area contributed by atoms with Gasteiger partial charge in [0.15, 0.2) is 0 Å². The summed E-state index contributed by atoms with van der Waals surface area (Å²) in [5.41, 5.74) is 0. The summed E-state index contributed by atoms with van der Waals surface area (Å²) < 4.78 is 33.2. The molecule has 1 fully saturated rings. The minimum Gasteiger partial charge on any atom is -0.466 e. The molecule has 0 N–H and O–H groups in total. The van der Waals surface area contributed by atoms with Gasteiger partial charge < -0.3 is 4.74 Å². The smallest absolute Gasteiger partial charge is 0.310 e. The highest BCUT2D eigenvalue weighted by molar-refractivity contribution is 9.11. The van der Waals surface area contributed by atoms with Gasteiger partial charge >= 0.3 is 5.97 Å². The van der Waals surface area contributed by atoms with E-state index in [1.165, 1.54) is 4.31 Å². The molecule has 1 aromatic rings. The van der Waals surface area contributed by atoms with Crippen LogP contribution >= 0.6 is 31.9 Å². The number of sulfonamides is 1. The van der Waals surface area contributed by atoms with Crippen molar-refractivity contribution in [2.45, 2.75) is 24.7 Å². The number of halogens is 2. The third-order valence-electron chi connectivity index (χ3n) is 3.52. The topological polar surface area (TPSA) is 63.7 Å². The normalized spacial score (nSPS) is 19.9. The van der Waals surface area contributed by atoms with E-state index in [-0.39, 0.29) is 17.4 Å². The van der Waals surface area contributed by atoms with Gasteiger partial charge in [-0.1, -0.05) is 15.9 Å². The van der Waals surface area contributed by atoms with Crippen LogP contribution in [-0.4, -0.2) is 38.4 Å². The van der Waals surface area contributed by atoms with Gasteiger partial charge in [-0.2, -0.15) is 4.31 Å². The average molecular weight is 455 g/mol. The van der Waals surface area contributed by atoms with Gasteiger partial charge in [-0.15, -0.1) is 0 Å². The zero-order valence-electron chi connectivity index (χ0n) is 12.1. The number of piperidine rings is 1. The first-order chi connectivity index (χ1) is 10.4. The number of nitrogens with zero attached hydrogens (tertiary/aromatic N) is 1. The van der Waals surface area contributed by atoms with Crippen LogP contribution in [0.4, 0.5) is 0 Å². The molecule has 0 aromatic heterocycles. The Hall–Kier alpha value is -0.440. The molecule has 0 aliphatic carbocycles. The second kappa shape index (κ2) is 7.42. The minimum atomic E-state index is -3.65. The van der Waals surface area contributed by atoms with Crippen molar-refractivity contribution in [2.24, 2.45) is 5.92 Å². The summed E-state index contributed by atoms with van der Waals surface area (Å²) in [5.74, 6) is -0.717. The maximum absolute atomic E-state index is 12.8. The van der Waals surface area contributed by atoms with E-state index < -0.39 is 15.9 Å². The molecule has 22 heavy (non-hydrogen) atoms.